The van der Waals surface area contributed by atoms with Crippen LogP contribution in [0.2, 0.25) is 0 Å². The van der Waals surface area contributed by atoms with Crippen molar-refractivity contribution in [3.63, 3.8) is 0 Å². The maximum atomic E-state index is 9.37. The van der Waals surface area contributed by atoms with Gasteiger partial charge in [-0.25, -0.2) is 0 Å². The number of hydrogen-bond acceptors (Lipinski definition) is 3. The molecule has 1 unspecified atom stereocenters. The highest BCUT2D eigenvalue weighted by molar-refractivity contribution is 14.0. The molecule has 1 aliphatic heterocycles. The zero-order valence-corrected chi connectivity index (χ0v) is 17.1. The summed E-state index contributed by atoms with van der Waals surface area (Å²) in [4.78, 5) is 7.25. The Morgan fingerprint density at radius 3 is 2.70 bits per heavy atom. The first-order chi connectivity index (χ1) is 10.7. The third-order valence-corrected chi connectivity index (χ3v) is 5.06. The Hall–Kier alpha value is -0.0800. The number of aliphatic hydroxyl groups excluding tert-OH is 1. The van der Waals surface area contributed by atoms with E-state index in [9.17, 15) is 5.11 Å². The average Bonchev–Trinajstić information content (AvgIpc) is 3.31. The van der Waals surface area contributed by atoms with Crippen LogP contribution in [-0.4, -0.2) is 61.3 Å². The van der Waals surface area contributed by atoms with Crippen molar-refractivity contribution in [3.05, 3.63) is 0 Å². The van der Waals surface area contributed by atoms with E-state index in [2.05, 4.69) is 34.4 Å². The standard InChI is InChI=1S/C17H34N4O.HI/c1-3-18-16(20-13-17(14-22)8-9-17)19-10-6-12-21-11-5-4-7-15(21)2;/h15,22H,3-14H2,1-2H3,(H2,18,19,20);1H. The van der Waals surface area contributed by atoms with Crippen molar-refractivity contribution in [1.29, 1.82) is 0 Å². The number of nitrogens with zero attached hydrogens (tertiary/aromatic N) is 2. The van der Waals surface area contributed by atoms with Gasteiger partial charge in [-0.05, 0) is 52.5 Å². The van der Waals surface area contributed by atoms with E-state index in [1.807, 2.05) is 0 Å². The Balaban J connectivity index is 0.00000264. The lowest BCUT2D eigenvalue weighted by molar-refractivity contribution is 0.159. The van der Waals surface area contributed by atoms with Gasteiger partial charge in [-0.2, -0.15) is 0 Å². The number of guanidine groups is 1. The van der Waals surface area contributed by atoms with Gasteiger partial charge in [0.1, 0.15) is 0 Å². The van der Waals surface area contributed by atoms with Crippen molar-refractivity contribution in [1.82, 2.24) is 15.5 Å². The molecule has 1 atom stereocenters. The maximum Gasteiger partial charge on any atom is 0.191 e. The molecule has 2 aliphatic rings. The van der Waals surface area contributed by atoms with Crippen LogP contribution in [0.4, 0.5) is 0 Å². The first-order valence-corrected chi connectivity index (χ1v) is 9.06. The first kappa shape index (κ1) is 21.0. The van der Waals surface area contributed by atoms with Gasteiger partial charge in [-0.1, -0.05) is 6.42 Å². The van der Waals surface area contributed by atoms with Crippen molar-refractivity contribution in [3.8, 4) is 0 Å². The van der Waals surface area contributed by atoms with Crippen molar-refractivity contribution < 1.29 is 5.11 Å². The van der Waals surface area contributed by atoms with Gasteiger partial charge in [0.05, 0.1) is 13.2 Å². The number of likely N-dealkylation sites (tertiary alicyclic amines) is 1. The van der Waals surface area contributed by atoms with Gasteiger partial charge in [0.15, 0.2) is 5.96 Å². The van der Waals surface area contributed by atoms with Gasteiger partial charge >= 0.3 is 0 Å². The van der Waals surface area contributed by atoms with Gasteiger partial charge in [-0.3, -0.25) is 4.99 Å². The quantitative estimate of drug-likeness (QED) is 0.235. The van der Waals surface area contributed by atoms with Crippen LogP contribution in [0.3, 0.4) is 0 Å². The zero-order chi connectivity index (χ0) is 15.8. The summed E-state index contributed by atoms with van der Waals surface area (Å²) in [5, 5.41) is 16.1. The Bertz CT molecular complexity index is 361. The minimum Gasteiger partial charge on any atom is -0.396 e. The lowest BCUT2D eigenvalue weighted by atomic mass is 10.0. The number of rotatable bonds is 8. The van der Waals surface area contributed by atoms with Gasteiger partial charge in [0.2, 0.25) is 0 Å². The Morgan fingerprint density at radius 1 is 1.30 bits per heavy atom. The zero-order valence-electron chi connectivity index (χ0n) is 14.8. The molecule has 0 aromatic rings. The van der Waals surface area contributed by atoms with Gasteiger partial charge in [-0.15, -0.1) is 24.0 Å². The lowest BCUT2D eigenvalue weighted by Gasteiger charge is -2.33. The molecule has 2 rings (SSSR count). The van der Waals surface area contributed by atoms with E-state index in [0.717, 1.165) is 50.9 Å². The van der Waals surface area contributed by atoms with Crippen LogP contribution < -0.4 is 10.6 Å². The summed E-state index contributed by atoms with van der Waals surface area (Å²) in [5.74, 6) is 0.897. The summed E-state index contributed by atoms with van der Waals surface area (Å²) in [7, 11) is 0. The molecule has 0 amide bonds. The average molecular weight is 438 g/mol. The highest BCUT2D eigenvalue weighted by Gasteiger charge is 2.41. The SMILES string of the molecule is CCNC(=NCC1(CO)CC1)NCCCN1CCCCC1C.I. The van der Waals surface area contributed by atoms with E-state index in [4.69, 9.17) is 0 Å². The number of aliphatic imine (C=N–C) groups is 1. The summed E-state index contributed by atoms with van der Waals surface area (Å²) >= 11 is 0. The molecular weight excluding hydrogens is 403 g/mol. The fourth-order valence-corrected chi connectivity index (χ4v) is 3.11. The van der Waals surface area contributed by atoms with Crippen LogP contribution in [0.15, 0.2) is 4.99 Å². The smallest absolute Gasteiger partial charge is 0.191 e. The number of piperidine rings is 1. The molecule has 23 heavy (non-hydrogen) atoms. The number of aliphatic hydroxyl groups is 1. The molecule has 0 radical (unpaired) electrons. The summed E-state index contributed by atoms with van der Waals surface area (Å²) in [6.45, 7) is 9.71. The second kappa shape index (κ2) is 10.7. The van der Waals surface area contributed by atoms with Crippen LogP contribution >= 0.6 is 24.0 Å². The second-order valence-corrected chi connectivity index (χ2v) is 7.01. The Labute approximate surface area is 158 Å². The van der Waals surface area contributed by atoms with Crippen LogP contribution in [0, 0.1) is 5.41 Å². The maximum absolute atomic E-state index is 9.37. The predicted octanol–water partition coefficient (Wildman–Crippen LogP) is 2.20. The van der Waals surface area contributed by atoms with E-state index in [-0.39, 0.29) is 36.0 Å². The molecule has 2 fully saturated rings. The summed E-state index contributed by atoms with van der Waals surface area (Å²) < 4.78 is 0. The molecule has 0 spiro atoms. The molecule has 1 aliphatic carbocycles. The fraction of sp³-hybridized carbons (Fsp3) is 0.941. The molecule has 0 aromatic carbocycles. The largest absolute Gasteiger partial charge is 0.396 e. The third kappa shape index (κ3) is 7.13. The van der Waals surface area contributed by atoms with Crippen molar-refractivity contribution in [2.45, 2.75) is 58.4 Å². The van der Waals surface area contributed by atoms with Crippen LogP contribution in [0.1, 0.15) is 52.4 Å². The van der Waals surface area contributed by atoms with Gasteiger partial charge < -0.3 is 20.6 Å². The molecule has 136 valence electrons. The van der Waals surface area contributed by atoms with Crippen molar-refractivity contribution in [2.24, 2.45) is 10.4 Å². The number of hydrogen-bond donors (Lipinski definition) is 3. The minimum atomic E-state index is 0. The highest BCUT2D eigenvalue weighted by atomic mass is 127. The van der Waals surface area contributed by atoms with E-state index < -0.39 is 0 Å². The van der Waals surface area contributed by atoms with E-state index in [0.29, 0.717) is 0 Å². The lowest BCUT2D eigenvalue weighted by Crippen LogP contribution is -2.41. The van der Waals surface area contributed by atoms with Crippen molar-refractivity contribution in [2.75, 3.05) is 39.3 Å². The molecule has 6 heteroatoms. The molecule has 0 bridgehead atoms. The van der Waals surface area contributed by atoms with E-state index in [1.165, 1.54) is 32.4 Å². The van der Waals surface area contributed by atoms with Gasteiger partial charge in [0, 0.05) is 31.1 Å². The molecule has 1 heterocycles. The monoisotopic (exact) mass is 438 g/mol. The van der Waals surface area contributed by atoms with Crippen LogP contribution in [0.25, 0.3) is 0 Å². The topological polar surface area (TPSA) is 59.9 Å². The minimum absolute atomic E-state index is 0. The summed E-state index contributed by atoms with van der Waals surface area (Å²) in [6, 6.07) is 0.745. The second-order valence-electron chi connectivity index (χ2n) is 7.01. The summed E-state index contributed by atoms with van der Waals surface area (Å²) in [6.07, 6.45) is 7.46. The third-order valence-electron chi connectivity index (χ3n) is 5.06. The van der Waals surface area contributed by atoms with E-state index in [1.54, 1.807) is 0 Å². The van der Waals surface area contributed by atoms with Crippen molar-refractivity contribution >= 4 is 29.9 Å². The molecule has 5 nitrogen and oxygen atoms in total. The molecular formula is C17H35IN4O. The molecule has 1 saturated carbocycles. The fourth-order valence-electron chi connectivity index (χ4n) is 3.11. The highest BCUT2D eigenvalue weighted by Crippen LogP contribution is 2.45. The normalized spacial score (nSPS) is 24.0. The molecule has 3 N–H and O–H groups in total. The van der Waals surface area contributed by atoms with Crippen LogP contribution in [0.5, 0.6) is 0 Å². The van der Waals surface area contributed by atoms with E-state index >= 15 is 0 Å². The van der Waals surface area contributed by atoms with Crippen LogP contribution in [-0.2, 0) is 0 Å². The Morgan fingerprint density at radius 2 is 2.09 bits per heavy atom. The first-order valence-electron chi connectivity index (χ1n) is 9.06. The molecule has 0 aromatic heterocycles. The molecule has 1 saturated heterocycles. The summed E-state index contributed by atoms with van der Waals surface area (Å²) in [5.41, 5.74) is 0.0889. The number of halogens is 1. The predicted molar refractivity (Wildman–Crippen MR) is 108 cm³/mol. The number of nitrogens with one attached hydrogen (secondary N) is 2. The van der Waals surface area contributed by atoms with Gasteiger partial charge in [0.25, 0.3) is 0 Å². The Kier molecular flexibility index (Phi) is 9.77.